The van der Waals surface area contributed by atoms with E-state index in [-0.39, 0.29) is 5.41 Å². The highest BCUT2D eigenvalue weighted by molar-refractivity contribution is 5.60. The maximum atomic E-state index is 9.29. The third-order valence-electron chi connectivity index (χ3n) is 4.35. The van der Waals surface area contributed by atoms with E-state index in [1.807, 2.05) is 43.3 Å². The summed E-state index contributed by atoms with van der Waals surface area (Å²) in [6.07, 6.45) is 0. The summed E-state index contributed by atoms with van der Waals surface area (Å²) >= 11 is 0. The second-order valence-electron chi connectivity index (χ2n) is 6.68. The highest BCUT2D eigenvalue weighted by Gasteiger charge is 2.22. The fourth-order valence-corrected chi connectivity index (χ4v) is 2.62. The third-order valence-corrected chi connectivity index (χ3v) is 4.35. The van der Waals surface area contributed by atoms with Gasteiger partial charge in [-0.05, 0) is 35.7 Å². The molecule has 1 heteroatoms. The molecule has 25 heavy (non-hydrogen) atoms. The van der Waals surface area contributed by atoms with Crippen LogP contribution in [-0.4, -0.2) is 5.11 Å². The van der Waals surface area contributed by atoms with Crippen molar-refractivity contribution in [3.8, 4) is 5.75 Å². The summed E-state index contributed by atoms with van der Waals surface area (Å²) in [5.41, 5.74) is 4.79. The van der Waals surface area contributed by atoms with Crippen LogP contribution >= 0.6 is 0 Å². The number of allylic oxidation sites excluding steroid dienone is 1. The van der Waals surface area contributed by atoms with Gasteiger partial charge in [-0.15, -0.1) is 0 Å². The molecular formula is C24H26O. The van der Waals surface area contributed by atoms with Gasteiger partial charge in [0.1, 0.15) is 5.75 Å². The lowest BCUT2D eigenvalue weighted by atomic mass is 9.78. The molecule has 0 aromatic heterocycles. The van der Waals surface area contributed by atoms with E-state index in [1.165, 1.54) is 16.7 Å². The number of hydrogen-bond acceptors (Lipinski definition) is 1. The largest absolute Gasteiger partial charge is 0.508 e. The van der Waals surface area contributed by atoms with Gasteiger partial charge in [0.15, 0.2) is 0 Å². The topological polar surface area (TPSA) is 20.2 Å². The molecule has 3 rings (SSSR count). The Morgan fingerprint density at radius 2 is 1.16 bits per heavy atom. The first-order chi connectivity index (χ1) is 11.9. The Bertz CT molecular complexity index is 785. The fraction of sp³-hybridized carbons (Fsp3) is 0.167. The number of aromatic hydroxyl groups is 1. The zero-order valence-corrected chi connectivity index (χ0v) is 15.2. The van der Waals surface area contributed by atoms with Crippen LogP contribution in [0.2, 0.25) is 0 Å². The monoisotopic (exact) mass is 330 g/mol. The minimum absolute atomic E-state index is 0.0328. The molecule has 1 N–H and O–H groups in total. The van der Waals surface area contributed by atoms with Gasteiger partial charge in [-0.2, -0.15) is 0 Å². The summed E-state index contributed by atoms with van der Waals surface area (Å²) in [6.45, 7) is 10.2. The van der Waals surface area contributed by atoms with Crippen molar-refractivity contribution in [3.05, 3.63) is 108 Å². The van der Waals surface area contributed by atoms with Gasteiger partial charge in [-0.1, -0.05) is 98.8 Å². The van der Waals surface area contributed by atoms with Crippen LogP contribution in [-0.2, 0) is 5.41 Å². The van der Waals surface area contributed by atoms with Gasteiger partial charge in [-0.3, -0.25) is 0 Å². The van der Waals surface area contributed by atoms with Crippen LogP contribution in [0, 0.1) is 0 Å². The van der Waals surface area contributed by atoms with Gasteiger partial charge in [0.2, 0.25) is 0 Å². The SMILES string of the molecule is C=C(C)c1ccccc1.CC(C)(c1ccccc1)c1ccc(O)cc1. The standard InChI is InChI=1S/C15H16O.C9H10/c1-15(2,12-6-4-3-5-7-12)13-8-10-14(16)11-9-13;1-8(2)9-6-4-3-5-7-9/h3-11,16H,1-2H3;3-7H,1H2,2H3. The minimum atomic E-state index is -0.0328. The maximum absolute atomic E-state index is 9.29. The molecule has 3 aromatic rings. The summed E-state index contributed by atoms with van der Waals surface area (Å²) in [6, 6.07) is 28.0. The molecule has 0 unspecified atom stereocenters. The van der Waals surface area contributed by atoms with Crippen molar-refractivity contribution < 1.29 is 5.11 Å². The average Bonchev–Trinajstić information content (AvgIpc) is 2.64. The van der Waals surface area contributed by atoms with E-state index in [2.05, 4.69) is 56.8 Å². The predicted octanol–water partition coefficient (Wildman–Crippen LogP) is 6.44. The summed E-state index contributed by atoms with van der Waals surface area (Å²) in [5.74, 6) is 0.313. The van der Waals surface area contributed by atoms with Gasteiger partial charge in [0, 0.05) is 5.41 Å². The lowest BCUT2D eigenvalue weighted by Gasteiger charge is -2.26. The molecular weight excluding hydrogens is 304 g/mol. The Hall–Kier alpha value is -2.80. The molecule has 0 spiro atoms. The van der Waals surface area contributed by atoms with Crippen LogP contribution in [0.15, 0.2) is 91.5 Å². The van der Waals surface area contributed by atoms with Crippen molar-refractivity contribution >= 4 is 5.57 Å². The van der Waals surface area contributed by atoms with Crippen molar-refractivity contribution in [1.82, 2.24) is 0 Å². The second-order valence-corrected chi connectivity index (χ2v) is 6.68. The number of benzene rings is 3. The molecule has 0 fully saturated rings. The second kappa shape index (κ2) is 8.34. The first-order valence-electron chi connectivity index (χ1n) is 8.47. The van der Waals surface area contributed by atoms with E-state index in [9.17, 15) is 5.11 Å². The normalized spacial score (nSPS) is 10.5. The fourth-order valence-electron chi connectivity index (χ4n) is 2.62. The molecule has 0 saturated carbocycles. The summed E-state index contributed by atoms with van der Waals surface area (Å²) < 4.78 is 0. The Morgan fingerprint density at radius 1 is 0.720 bits per heavy atom. The van der Waals surface area contributed by atoms with E-state index in [0.717, 1.165) is 5.57 Å². The molecule has 0 radical (unpaired) electrons. The van der Waals surface area contributed by atoms with E-state index in [0.29, 0.717) is 5.75 Å². The molecule has 0 aliphatic rings. The highest BCUT2D eigenvalue weighted by atomic mass is 16.3. The first kappa shape index (κ1) is 18.5. The van der Waals surface area contributed by atoms with Crippen molar-refractivity contribution in [2.45, 2.75) is 26.2 Å². The van der Waals surface area contributed by atoms with Crippen molar-refractivity contribution in [2.24, 2.45) is 0 Å². The molecule has 3 aromatic carbocycles. The minimum Gasteiger partial charge on any atom is -0.508 e. The molecule has 1 nitrogen and oxygen atoms in total. The number of hydrogen-bond donors (Lipinski definition) is 1. The van der Waals surface area contributed by atoms with E-state index in [1.54, 1.807) is 12.1 Å². The lowest BCUT2D eigenvalue weighted by Crippen LogP contribution is -2.18. The Balaban J connectivity index is 0.000000212. The molecule has 0 amide bonds. The van der Waals surface area contributed by atoms with Crippen LogP contribution < -0.4 is 0 Å². The Labute approximate surface area is 151 Å². The van der Waals surface area contributed by atoms with Gasteiger partial charge in [-0.25, -0.2) is 0 Å². The summed E-state index contributed by atoms with van der Waals surface area (Å²) in [7, 11) is 0. The molecule has 0 saturated heterocycles. The zero-order valence-electron chi connectivity index (χ0n) is 15.2. The van der Waals surface area contributed by atoms with Crippen LogP contribution in [0.5, 0.6) is 5.75 Å². The first-order valence-corrected chi connectivity index (χ1v) is 8.47. The van der Waals surface area contributed by atoms with Crippen molar-refractivity contribution in [2.75, 3.05) is 0 Å². The smallest absolute Gasteiger partial charge is 0.115 e. The van der Waals surface area contributed by atoms with Crippen LogP contribution in [0.25, 0.3) is 5.57 Å². The van der Waals surface area contributed by atoms with Gasteiger partial charge in [0.25, 0.3) is 0 Å². The highest BCUT2D eigenvalue weighted by Crippen LogP contribution is 2.31. The number of rotatable bonds is 3. The van der Waals surface area contributed by atoms with Crippen molar-refractivity contribution in [1.29, 1.82) is 0 Å². The molecule has 0 aliphatic carbocycles. The lowest BCUT2D eigenvalue weighted by molar-refractivity contribution is 0.474. The van der Waals surface area contributed by atoms with Crippen LogP contribution in [0.3, 0.4) is 0 Å². The van der Waals surface area contributed by atoms with Crippen molar-refractivity contribution in [3.63, 3.8) is 0 Å². The molecule has 0 heterocycles. The van der Waals surface area contributed by atoms with E-state index in [4.69, 9.17) is 0 Å². The maximum Gasteiger partial charge on any atom is 0.115 e. The van der Waals surface area contributed by atoms with E-state index < -0.39 is 0 Å². The average molecular weight is 330 g/mol. The molecule has 128 valence electrons. The Kier molecular flexibility index (Phi) is 6.19. The predicted molar refractivity (Wildman–Crippen MR) is 108 cm³/mol. The van der Waals surface area contributed by atoms with E-state index >= 15 is 0 Å². The summed E-state index contributed by atoms with van der Waals surface area (Å²) in [4.78, 5) is 0. The van der Waals surface area contributed by atoms with Gasteiger partial charge >= 0.3 is 0 Å². The molecule has 0 aliphatic heterocycles. The molecule has 0 atom stereocenters. The van der Waals surface area contributed by atoms with Gasteiger partial charge in [0.05, 0.1) is 0 Å². The van der Waals surface area contributed by atoms with Crippen LogP contribution in [0.1, 0.15) is 37.5 Å². The Morgan fingerprint density at radius 3 is 1.60 bits per heavy atom. The summed E-state index contributed by atoms with van der Waals surface area (Å²) in [5, 5.41) is 9.29. The van der Waals surface area contributed by atoms with Gasteiger partial charge < -0.3 is 5.11 Å². The van der Waals surface area contributed by atoms with Crippen LogP contribution in [0.4, 0.5) is 0 Å². The molecule has 0 bridgehead atoms. The number of phenols is 1. The third kappa shape index (κ3) is 5.09. The number of phenolic OH excluding ortho intramolecular Hbond substituents is 1. The zero-order chi connectivity index (χ0) is 18.3. The quantitative estimate of drug-likeness (QED) is 0.586.